The SMILES string of the molecule is CC(F)(F)Cc1ccccc1CCN. The minimum absolute atomic E-state index is 0.205. The second kappa shape index (κ2) is 4.51. The normalized spacial score (nSPS) is 11.7. The maximum atomic E-state index is 12.8. The van der Waals surface area contributed by atoms with Gasteiger partial charge in [-0.3, -0.25) is 0 Å². The average Bonchev–Trinajstić information content (AvgIpc) is 2.06. The van der Waals surface area contributed by atoms with Gasteiger partial charge in [0.2, 0.25) is 5.92 Å². The zero-order chi connectivity index (χ0) is 10.6. The summed E-state index contributed by atoms with van der Waals surface area (Å²) in [6.45, 7) is 1.43. The summed E-state index contributed by atoms with van der Waals surface area (Å²) in [6, 6.07) is 7.22. The number of benzene rings is 1. The van der Waals surface area contributed by atoms with Crippen LogP contribution >= 0.6 is 0 Å². The van der Waals surface area contributed by atoms with Gasteiger partial charge < -0.3 is 5.73 Å². The summed E-state index contributed by atoms with van der Waals surface area (Å²) in [4.78, 5) is 0. The van der Waals surface area contributed by atoms with Gasteiger partial charge in [0.05, 0.1) is 0 Å². The van der Waals surface area contributed by atoms with Gasteiger partial charge in [-0.15, -0.1) is 0 Å². The summed E-state index contributed by atoms with van der Waals surface area (Å²) in [7, 11) is 0. The molecule has 2 N–H and O–H groups in total. The highest BCUT2D eigenvalue weighted by molar-refractivity contribution is 5.28. The van der Waals surface area contributed by atoms with Crippen molar-refractivity contribution in [2.45, 2.75) is 25.7 Å². The molecule has 78 valence electrons. The lowest BCUT2D eigenvalue weighted by molar-refractivity contribution is 0.0224. The summed E-state index contributed by atoms with van der Waals surface area (Å²) < 4.78 is 25.6. The quantitative estimate of drug-likeness (QED) is 0.791. The molecular weight excluding hydrogens is 184 g/mol. The molecule has 0 fully saturated rings. The van der Waals surface area contributed by atoms with Gasteiger partial charge in [0, 0.05) is 6.42 Å². The molecule has 0 saturated carbocycles. The highest BCUT2D eigenvalue weighted by Crippen LogP contribution is 2.21. The lowest BCUT2D eigenvalue weighted by atomic mass is 9.99. The van der Waals surface area contributed by atoms with E-state index < -0.39 is 5.92 Å². The van der Waals surface area contributed by atoms with E-state index in [4.69, 9.17) is 5.73 Å². The van der Waals surface area contributed by atoms with E-state index in [-0.39, 0.29) is 6.42 Å². The molecular formula is C11H15F2N. The number of halogens is 2. The summed E-state index contributed by atoms with van der Waals surface area (Å²) in [5, 5.41) is 0. The van der Waals surface area contributed by atoms with Crippen molar-refractivity contribution in [3.63, 3.8) is 0 Å². The Kier molecular flexibility index (Phi) is 3.58. The van der Waals surface area contributed by atoms with E-state index in [1.807, 2.05) is 12.1 Å². The van der Waals surface area contributed by atoms with Gasteiger partial charge in [0.1, 0.15) is 0 Å². The van der Waals surface area contributed by atoms with Crippen molar-refractivity contribution in [3.05, 3.63) is 35.4 Å². The van der Waals surface area contributed by atoms with Crippen molar-refractivity contribution in [3.8, 4) is 0 Å². The highest BCUT2D eigenvalue weighted by Gasteiger charge is 2.22. The summed E-state index contributed by atoms with van der Waals surface area (Å²) in [6.07, 6.45) is 0.454. The van der Waals surface area contributed by atoms with E-state index >= 15 is 0 Å². The molecule has 0 radical (unpaired) electrons. The standard InChI is InChI=1S/C11H15F2N/c1-11(12,13)8-10-5-3-2-4-9(10)6-7-14/h2-5H,6-8,14H2,1H3. The van der Waals surface area contributed by atoms with Gasteiger partial charge in [-0.2, -0.15) is 0 Å². The van der Waals surface area contributed by atoms with Crippen LogP contribution in [0.2, 0.25) is 0 Å². The van der Waals surface area contributed by atoms with Crippen molar-refractivity contribution >= 4 is 0 Å². The Morgan fingerprint density at radius 3 is 2.29 bits per heavy atom. The van der Waals surface area contributed by atoms with Gasteiger partial charge in [-0.25, -0.2) is 8.78 Å². The van der Waals surface area contributed by atoms with Crippen LogP contribution in [0.5, 0.6) is 0 Å². The van der Waals surface area contributed by atoms with Crippen LogP contribution in [-0.2, 0) is 12.8 Å². The Morgan fingerprint density at radius 2 is 1.79 bits per heavy atom. The monoisotopic (exact) mass is 199 g/mol. The first-order valence-electron chi connectivity index (χ1n) is 4.67. The van der Waals surface area contributed by atoms with Crippen molar-refractivity contribution in [1.29, 1.82) is 0 Å². The van der Waals surface area contributed by atoms with E-state index in [0.29, 0.717) is 18.5 Å². The van der Waals surface area contributed by atoms with Crippen molar-refractivity contribution in [2.75, 3.05) is 6.54 Å². The zero-order valence-electron chi connectivity index (χ0n) is 8.26. The minimum atomic E-state index is -2.65. The van der Waals surface area contributed by atoms with Crippen molar-refractivity contribution in [1.82, 2.24) is 0 Å². The fraction of sp³-hybridized carbons (Fsp3) is 0.455. The lowest BCUT2D eigenvalue weighted by Crippen LogP contribution is -2.16. The van der Waals surface area contributed by atoms with E-state index in [2.05, 4.69) is 0 Å². The van der Waals surface area contributed by atoms with Gasteiger partial charge in [0.25, 0.3) is 0 Å². The molecule has 0 atom stereocenters. The van der Waals surface area contributed by atoms with Crippen LogP contribution < -0.4 is 5.73 Å². The molecule has 0 aliphatic rings. The number of hydrogen-bond donors (Lipinski definition) is 1. The lowest BCUT2D eigenvalue weighted by Gasteiger charge is -2.13. The topological polar surface area (TPSA) is 26.0 Å². The predicted molar refractivity (Wildman–Crippen MR) is 53.5 cm³/mol. The van der Waals surface area contributed by atoms with Crippen LogP contribution in [0.3, 0.4) is 0 Å². The van der Waals surface area contributed by atoms with Crippen LogP contribution in [0.15, 0.2) is 24.3 Å². The van der Waals surface area contributed by atoms with Gasteiger partial charge >= 0.3 is 0 Å². The second-order valence-electron chi connectivity index (χ2n) is 3.55. The van der Waals surface area contributed by atoms with Crippen LogP contribution in [-0.4, -0.2) is 12.5 Å². The Balaban J connectivity index is 2.84. The first-order chi connectivity index (χ1) is 6.53. The molecule has 1 nitrogen and oxygen atoms in total. The molecule has 1 aromatic carbocycles. The Hall–Kier alpha value is -0.960. The minimum Gasteiger partial charge on any atom is -0.330 e. The van der Waals surface area contributed by atoms with E-state index in [1.165, 1.54) is 0 Å². The molecule has 1 rings (SSSR count). The summed E-state index contributed by atoms with van der Waals surface area (Å²) in [5.74, 6) is -2.65. The molecule has 0 unspecified atom stereocenters. The molecule has 0 bridgehead atoms. The number of rotatable bonds is 4. The van der Waals surface area contributed by atoms with Crippen LogP contribution in [0.4, 0.5) is 8.78 Å². The molecule has 0 amide bonds. The maximum absolute atomic E-state index is 12.8. The molecule has 0 heterocycles. The highest BCUT2D eigenvalue weighted by atomic mass is 19.3. The van der Waals surface area contributed by atoms with Crippen LogP contribution in [0.25, 0.3) is 0 Å². The van der Waals surface area contributed by atoms with Crippen LogP contribution in [0.1, 0.15) is 18.1 Å². The third kappa shape index (κ3) is 3.42. The Labute approximate surface area is 82.9 Å². The first-order valence-corrected chi connectivity index (χ1v) is 4.67. The first kappa shape index (κ1) is 11.1. The molecule has 14 heavy (non-hydrogen) atoms. The predicted octanol–water partition coefficient (Wildman–Crippen LogP) is 2.39. The molecule has 0 aromatic heterocycles. The Bertz CT molecular complexity index is 292. The van der Waals surface area contributed by atoms with Crippen LogP contribution in [0, 0.1) is 0 Å². The zero-order valence-corrected chi connectivity index (χ0v) is 8.26. The van der Waals surface area contributed by atoms with Gasteiger partial charge in [-0.05, 0) is 31.0 Å². The second-order valence-corrected chi connectivity index (χ2v) is 3.55. The molecule has 0 aliphatic heterocycles. The number of nitrogens with two attached hydrogens (primary N) is 1. The Morgan fingerprint density at radius 1 is 1.21 bits per heavy atom. The third-order valence-corrected chi connectivity index (χ3v) is 2.03. The number of alkyl halides is 2. The number of hydrogen-bond acceptors (Lipinski definition) is 1. The molecule has 3 heteroatoms. The largest absolute Gasteiger partial charge is 0.330 e. The summed E-state index contributed by atoms with van der Waals surface area (Å²) in [5.41, 5.74) is 7.03. The van der Waals surface area contributed by atoms with Gasteiger partial charge in [0.15, 0.2) is 0 Å². The maximum Gasteiger partial charge on any atom is 0.249 e. The third-order valence-electron chi connectivity index (χ3n) is 2.03. The van der Waals surface area contributed by atoms with Crippen molar-refractivity contribution in [2.24, 2.45) is 5.73 Å². The fourth-order valence-corrected chi connectivity index (χ4v) is 1.46. The van der Waals surface area contributed by atoms with Gasteiger partial charge in [-0.1, -0.05) is 24.3 Å². The smallest absolute Gasteiger partial charge is 0.249 e. The summed E-state index contributed by atoms with van der Waals surface area (Å²) >= 11 is 0. The van der Waals surface area contributed by atoms with E-state index in [1.54, 1.807) is 12.1 Å². The molecule has 0 aliphatic carbocycles. The van der Waals surface area contributed by atoms with Crippen molar-refractivity contribution < 1.29 is 8.78 Å². The molecule has 0 saturated heterocycles. The fourth-order valence-electron chi connectivity index (χ4n) is 1.46. The van der Waals surface area contributed by atoms with E-state index in [0.717, 1.165) is 12.5 Å². The van der Waals surface area contributed by atoms with E-state index in [9.17, 15) is 8.78 Å². The average molecular weight is 199 g/mol. The molecule has 1 aromatic rings. The molecule has 0 spiro atoms.